The van der Waals surface area contributed by atoms with E-state index in [9.17, 15) is 5.11 Å². The van der Waals surface area contributed by atoms with E-state index in [0.717, 1.165) is 16.7 Å². The Hall–Kier alpha value is -2.35. The van der Waals surface area contributed by atoms with Crippen LogP contribution in [0.2, 0.25) is 0 Å². The zero-order valence-electron chi connectivity index (χ0n) is 9.56. The summed E-state index contributed by atoms with van der Waals surface area (Å²) >= 11 is 0. The van der Waals surface area contributed by atoms with Crippen LogP contribution in [-0.4, -0.2) is 15.2 Å². The Bertz CT molecular complexity index is 573. The maximum absolute atomic E-state index is 9.66. The van der Waals surface area contributed by atoms with Gasteiger partial charge in [0.25, 0.3) is 0 Å². The molecular weight excluding hydrogens is 218 g/mol. The van der Waals surface area contributed by atoms with Gasteiger partial charge in [-0.3, -0.25) is 0 Å². The lowest BCUT2D eigenvalue weighted by Gasteiger charge is -2.04. The van der Waals surface area contributed by atoms with E-state index in [-0.39, 0.29) is 12.2 Å². The summed E-state index contributed by atoms with van der Waals surface area (Å²) in [4.78, 5) is 4.10. The van der Waals surface area contributed by atoms with Crippen molar-refractivity contribution in [2.75, 3.05) is 0 Å². The SMILES string of the molecule is Cc1cc(-c2noc(CC#N)n2)cc(C)c1O. The molecule has 2 rings (SSSR count). The van der Waals surface area contributed by atoms with Gasteiger partial charge >= 0.3 is 0 Å². The van der Waals surface area contributed by atoms with E-state index < -0.39 is 0 Å². The van der Waals surface area contributed by atoms with Crippen LogP contribution in [0.25, 0.3) is 11.4 Å². The predicted octanol–water partition coefficient (Wildman–Crippen LogP) is 2.13. The van der Waals surface area contributed by atoms with Crippen molar-refractivity contribution in [2.24, 2.45) is 0 Å². The lowest BCUT2D eigenvalue weighted by atomic mass is 10.1. The van der Waals surface area contributed by atoms with Crippen molar-refractivity contribution in [1.29, 1.82) is 5.26 Å². The van der Waals surface area contributed by atoms with Gasteiger partial charge in [0, 0.05) is 5.56 Å². The number of nitriles is 1. The first-order valence-electron chi connectivity index (χ1n) is 5.12. The van der Waals surface area contributed by atoms with Crippen molar-refractivity contribution in [3.05, 3.63) is 29.2 Å². The summed E-state index contributed by atoms with van der Waals surface area (Å²) < 4.78 is 4.92. The van der Waals surface area contributed by atoms with E-state index >= 15 is 0 Å². The highest BCUT2D eigenvalue weighted by Gasteiger charge is 2.11. The molecule has 5 nitrogen and oxygen atoms in total. The Labute approximate surface area is 98.3 Å². The van der Waals surface area contributed by atoms with Crippen LogP contribution in [-0.2, 0) is 6.42 Å². The third kappa shape index (κ3) is 2.11. The van der Waals surface area contributed by atoms with E-state index in [1.807, 2.05) is 19.9 Å². The van der Waals surface area contributed by atoms with Crippen LogP contribution in [0, 0.1) is 25.2 Å². The number of rotatable bonds is 2. The number of aryl methyl sites for hydroxylation is 2. The minimum absolute atomic E-state index is 0.100. The molecule has 0 aliphatic heterocycles. The second-order valence-corrected chi connectivity index (χ2v) is 3.81. The lowest BCUT2D eigenvalue weighted by Crippen LogP contribution is -1.87. The van der Waals surface area contributed by atoms with E-state index in [4.69, 9.17) is 9.78 Å². The van der Waals surface area contributed by atoms with Crippen LogP contribution in [0.3, 0.4) is 0 Å². The third-order valence-electron chi connectivity index (χ3n) is 2.45. The molecule has 1 heterocycles. The van der Waals surface area contributed by atoms with E-state index in [1.54, 1.807) is 12.1 Å². The first-order chi connectivity index (χ1) is 8.11. The molecular formula is C12H11N3O2. The largest absolute Gasteiger partial charge is 0.507 e. The summed E-state index contributed by atoms with van der Waals surface area (Å²) in [5, 5.41) is 22.0. The molecule has 2 aromatic rings. The number of aromatic hydroxyl groups is 1. The Morgan fingerprint density at radius 3 is 2.59 bits per heavy atom. The van der Waals surface area contributed by atoms with Crippen molar-refractivity contribution in [3.63, 3.8) is 0 Å². The summed E-state index contributed by atoms with van der Waals surface area (Å²) in [6.45, 7) is 3.62. The van der Waals surface area contributed by atoms with E-state index in [2.05, 4.69) is 10.1 Å². The van der Waals surface area contributed by atoms with Gasteiger partial charge in [-0.25, -0.2) is 0 Å². The lowest BCUT2D eigenvalue weighted by molar-refractivity contribution is 0.388. The van der Waals surface area contributed by atoms with Gasteiger partial charge in [-0.1, -0.05) is 5.16 Å². The first-order valence-corrected chi connectivity index (χ1v) is 5.12. The van der Waals surface area contributed by atoms with Gasteiger partial charge in [-0.15, -0.1) is 0 Å². The Morgan fingerprint density at radius 2 is 2.00 bits per heavy atom. The maximum Gasteiger partial charge on any atom is 0.241 e. The number of phenolic OH excluding ortho intramolecular Hbond substituents is 1. The van der Waals surface area contributed by atoms with Gasteiger partial charge in [0.05, 0.1) is 6.07 Å². The number of benzene rings is 1. The number of aromatic nitrogens is 2. The molecule has 0 unspecified atom stereocenters. The maximum atomic E-state index is 9.66. The fraction of sp³-hybridized carbons (Fsp3) is 0.250. The number of phenols is 1. The van der Waals surface area contributed by atoms with Crippen LogP contribution in [0.4, 0.5) is 0 Å². The number of hydrogen-bond acceptors (Lipinski definition) is 5. The minimum atomic E-state index is 0.100. The first kappa shape index (κ1) is 11.1. The van der Waals surface area contributed by atoms with Crippen molar-refractivity contribution < 1.29 is 9.63 Å². The number of nitrogens with zero attached hydrogens (tertiary/aromatic N) is 3. The van der Waals surface area contributed by atoms with Crippen molar-refractivity contribution in [3.8, 4) is 23.2 Å². The molecule has 17 heavy (non-hydrogen) atoms. The quantitative estimate of drug-likeness (QED) is 0.852. The van der Waals surface area contributed by atoms with Gasteiger partial charge < -0.3 is 9.63 Å². The number of hydrogen-bond donors (Lipinski definition) is 1. The molecule has 0 spiro atoms. The van der Waals surface area contributed by atoms with Crippen LogP contribution < -0.4 is 0 Å². The monoisotopic (exact) mass is 229 g/mol. The summed E-state index contributed by atoms with van der Waals surface area (Å²) in [7, 11) is 0. The molecule has 0 bridgehead atoms. The summed E-state index contributed by atoms with van der Waals surface area (Å²) in [5.41, 5.74) is 2.28. The second kappa shape index (κ2) is 4.26. The average Bonchev–Trinajstić information content (AvgIpc) is 2.74. The Morgan fingerprint density at radius 1 is 1.35 bits per heavy atom. The standard InChI is InChI=1S/C12H11N3O2/c1-7-5-9(6-8(2)11(7)16)12-14-10(3-4-13)17-15-12/h5-6,16H,3H2,1-2H3. The average molecular weight is 229 g/mol. The van der Waals surface area contributed by atoms with Gasteiger partial charge in [-0.05, 0) is 37.1 Å². The van der Waals surface area contributed by atoms with Crippen molar-refractivity contribution in [2.45, 2.75) is 20.3 Å². The minimum Gasteiger partial charge on any atom is -0.507 e. The molecule has 5 heteroatoms. The zero-order chi connectivity index (χ0) is 12.4. The predicted molar refractivity (Wildman–Crippen MR) is 60.2 cm³/mol. The van der Waals surface area contributed by atoms with Crippen LogP contribution >= 0.6 is 0 Å². The fourth-order valence-electron chi connectivity index (χ4n) is 1.60. The topological polar surface area (TPSA) is 82.9 Å². The molecule has 0 saturated heterocycles. The second-order valence-electron chi connectivity index (χ2n) is 3.81. The van der Waals surface area contributed by atoms with E-state index in [0.29, 0.717) is 11.7 Å². The molecule has 0 atom stereocenters. The van der Waals surface area contributed by atoms with Gasteiger partial charge in [0.15, 0.2) is 0 Å². The smallest absolute Gasteiger partial charge is 0.241 e. The molecule has 1 aromatic heterocycles. The Kier molecular flexibility index (Phi) is 2.79. The van der Waals surface area contributed by atoms with Gasteiger partial charge in [0.2, 0.25) is 11.7 Å². The highest BCUT2D eigenvalue weighted by molar-refractivity contribution is 5.60. The summed E-state index contributed by atoms with van der Waals surface area (Å²) in [6, 6.07) is 5.51. The molecule has 0 saturated carbocycles. The van der Waals surface area contributed by atoms with Gasteiger partial charge in [0.1, 0.15) is 12.2 Å². The third-order valence-corrected chi connectivity index (χ3v) is 2.45. The van der Waals surface area contributed by atoms with Crippen molar-refractivity contribution >= 4 is 0 Å². The Balaban J connectivity index is 2.43. The van der Waals surface area contributed by atoms with Crippen LogP contribution in [0.5, 0.6) is 5.75 Å². The summed E-state index contributed by atoms with van der Waals surface area (Å²) in [5.74, 6) is 1.00. The normalized spacial score (nSPS) is 10.2. The molecule has 0 radical (unpaired) electrons. The fourth-order valence-corrected chi connectivity index (χ4v) is 1.60. The molecule has 86 valence electrons. The summed E-state index contributed by atoms with van der Waals surface area (Å²) in [6.07, 6.45) is 0.100. The molecule has 0 amide bonds. The van der Waals surface area contributed by atoms with Crippen LogP contribution in [0.1, 0.15) is 17.0 Å². The zero-order valence-corrected chi connectivity index (χ0v) is 9.56. The van der Waals surface area contributed by atoms with Crippen molar-refractivity contribution in [1.82, 2.24) is 10.1 Å². The highest BCUT2D eigenvalue weighted by atomic mass is 16.5. The van der Waals surface area contributed by atoms with E-state index in [1.165, 1.54) is 0 Å². The molecule has 0 aliphatic carbocycles. The molecule has 1 aromatic carbocycles. The van der Waals surface area contributed by atoms with Crippen LogP contribution in [0.15, 0.2) is 16.7 Å². The van der Waals surface area contributed by atoms with Gasteiger partial charge in [-0.2, -0.15) is 10.2 Å². The molecule has 0 fully saturated rings. The highest BCUT2D eigenvalue weighted by Crippen LogP contribution is 2.27. The molecule has 0 aliphatic rings. The molecule has 1 N–H and O–H groups in total.